The number of nitrogens with zero attached hydrogens (tertiary/aromatic N) is 2. The van der Waals surface area contributed by atoms with E-state index in [9.17, 15) is 13.2 Å². The van der Waals surface area contributed by atoms with Crippen molar-refractivity contribution in [1.29, 1.82) is 0 Å². The lowest BCUT2D eigenvalue weighted by Crippen LogP contribution is -2.27. The fraction of sp³-hybridized carbons (Fsp3) is 0.316. The van der Waals surface area contributed by atoms with Crippen molar-refractivity contribution in [2.45, 2.75) is 17.9 Å². The molecule has 0 aliphatic carbocycles. The second-order valence-corrected chi connectivity index (χ2v) is 9.38. The summed E-state index contributed by atoms with van der Waals surface area (Å²) in [6, 6.07) is 14.6. The van der Waals surface area contributed by atoms with Crippen LogP contribution in [0, 0.1) is 0 Å². The third kappa shape index (κ3) is 4.84. The molecule has 1 N–H and O–H groups in total. The van der Waals surface area contributed by atoms with Gasteiger partial charge in [0.1, 0.15) is 0 Å². The minimum atomic E-state index is -3.59. The number of sulfonamides is 1. The molecule has 0 bridgehead atoms. The van der Waals surface area contributed by atoms with Gasteiger partial charge in [-0.1, -0.05) is 41.7 Å². The molecule has 0 unspecified atom stereocenters. The highest BCUT2D eigenvalue weighted by molar-refractivity contribution is 7.89. The minimum Gasteiger partial charge on any atom is -0.309 e. The fourth-order valence-corrected chi connectivity index (χ4v) is 4.92. The van der Waals surface area contributed by atoms with Gasteiger partial charge in [-0.25, -0.2) is 13.1 Å². The van der Waals surface area contributed by atoms with Crippen LogP contribution in [0.15, 0.2) is 58.2 Å². The Hall–Kier alpha value is -2.00. The lowest BCUT2D eigenvalue weighted by Gasteiger charge is -2.10. The predicted molar refractivity (Wildman–Crippen MR) is 110 cm³/mol. The zero-order valence-electron chi connectivity index (χ0n) is 15.4. The first-order valence-electron chi connectivity index (χ1n) is 8.68. The van der Waals surface area contributed by atoms with E-state index in [0.717, 1.165) is 35.4 Å². The molecule has 1 aromatic heterocycles. The monoisotopic (exact) mass is 405 g/mol. The Bertz CT molecular complexity index is 1070. The molecular weight excluding hydrogens is 382 g/mol. The van der Waals surface area contributed by atoms with Crippen LogP contribution in [0.2, 0.25) is 0 Å². The number of nitrogens with one attached hydrogen (secondary N) is 1. The van der Waals surface area contributed by atoms with Gasteiger partial charge in [-0.05, 0) is 50.8 Å². The van der Waals surface area contributed by atoms with Crippen LogP contribution in [0.1, 0.15) is 12.0 Å². The summed E-state index contributed by atoms with van der Waals surface area (Å²) >= 11 is 1.07. The van der Waals surface area contributed by atoms with Gasteiger partial charge in [-0.15, -0.1) is 0 Å². The molecule has 3 rings (SSSR count). The first kappa shape index (κ1) is 19.8. The van der Waals surface area contributed by atoms with Crippen molar-refractivity contribution in [3.05, 3.63) is 63.8 Å². The zero-order valence-corrected chi connectivity index (χ0v) is 17.0. The Morgan fingerprint density at radius 2 is 1.85 bits per heavy atom. The number of rotatable bonds is 8. The van der Waals surface area contributed by atoms with E-state index in [2.05, 4.69) is 4.72 Å². The highest BCUT2D eigenvalue weighted by Gasteiger charge is 2.16. The molecule has 0 aliphatic heterocycles. The van der Waals surface area contributed by atoms with Gasteiger partial charge in [0, 0.05) is 6.54 Å². The van der Waals surface area contributed by atoms with Crippen molar-refractivity contribution in [3.63, 3.8) is 0 Å². The maximum atomic E-state index is 12.5. The SMILES string of the molecule is CN(C)CCCNS(=O)(=O)c1ccc2c(c1)sc(=O)n2Cc1ccccc1. The second kappa shape index (κ2) is 8.35. The predicted octanol–water partition coefficient (Wildman–Crippen LogP) is 2.34. The van der Waals surface area contributed by atoms with Gasteiger partial charge in [0.2, 0.25) is 10.0 Å². The topological polar surface area (TPSA) is 71.4 Å². The summed E-state index contributed by atoms with van der Waals surface area (Å²) in [5.74, 6) is 0. The molecule has 0 saturated carbocycles. The van der Waals surface area contributed by atoms with E-state index in [-0.39, 0.29) is 9.77 Å². The molecule has 0 atom stereocenters. The lowest BCUT2D eigenvalue weighted by molar-refractivity contribution is 0.400. The second-order valence-electron chi connectivity index (χ2n) is 6.62. The molecular formula is C19H23N3O3S2. The average molecular weight is 406 g/mol. The van der Waals surface area contributed by atoms with Crippen LogP contribution < -0.4 is 9.60 Å². The molecule has 3 aromatic rings. The highest BCUT2D eigenvalue weighted by Crippen LogP contribution is 2.22. The maximum Gasteiger partial charge on any atom is 0.308 e. The maximum absolute atomic E-state index is 12.5. The number of fused-ring (bicyclic) bond motifs is 1. The quantitative estimate of drug-likeness (QED) is 0.584. The van der Waals surface area contributed by atoms with Crippen molar-refractivity contribution in [2.75, 3.05) is 27.2 Å². The molecule has 0 spiro atoms. The van der Waals surface area contributed by atoms with Gasteiger partial charge in [0.05, 0.1) is 21.7 Å². The number of aromatic nitrogens is 1. The van der Waals surface area contributed by atoms with E-state index in [1.807, 2.05) is 49.3 Å². The molecule has 0 amide bonds. The number of hydrogen-bond acceptors (Lipinski definition) is 5. The largest absolute Gasteiger partial charge is 0.309 e. The number of hydrogen-bond donors (Lipinski definition) is 1. The summed E-state index contributed by atoms with van der Waals surface area (Å²) in [6.07, 6.45) is 0.731. The first-order chi connectivity index (χ1) is 12.9. The van der Waals surface area contributed by atoms with E-state index in [1.54, 1.807) is 22.8 Å². The van der Waals surface area contributed by atoms with E-state index in [0.29, 0.717) is 17.8 Å². The third-order valence-electron chi connectivity index (χ3n) is 4.21. The van der Waals surface area contributed by atoms with E-state index < -0.39 is 10.0 Å². The fourth-order valence-electron chi connectivity index (χ4n) is 2.81. The number of benzene rings is 2. The van der Waals surface area contributed by atoms with Gasteiger partial charge >= 0.3 is 4.87 Å². The summed E-state index contributed by atoms with van der Waals surface area (Å²) in [4.78, 5) is 14.5. The van der Waals surface area contributed by atoms with Crippen LogP contribution in [0.25, 0.3) is 10.2 Å². The van der Waals surface area contributed by atoms with Gasteiger partial charge in [-0.2, -0.15) is 0 Å². The Morgan fingerprint density at radius 3 is 2.56 bits per heavy atom. The molecule has 0 radical (unpaired) electrons. The standard InChI is InChI=1S/C19H23N3O3S2/c1-21(2)12-6-11-20-27(24,25)16-9-10-17-18(13-16)26-19(23)22(17)14-15-7-4-3-5-8-15/h3-5,7-10,13,20H,6,11-12,14H2,1-2H3. The molecule has 6 nitrogen and oxygen atoms in total. The molecule has 0 fully saturated rings. The molecule has 0 aliphatic rings. The minimum absolute atomic E-state index is 0.0951. The van der Waals surface area contributed by atoms with Crippen molar-refractivity contribution < 1.29 is 8.42 Å². The summed E-state index contributed by atoms with van der Waals surface area (Å²) in [5, 5.41) is 0. The van der Waals surface area contributed by atoms with E-state index in [1.165, 1.54) is 0 Å². The molecule has 0 saturated heterocycles. The van der Waals surface area contributed by atoms with Gasteiger partial charge < -0.3 is 4.90 Å². The smallest absolute Gasteiger partial charge is 0.308 e. The Balaban J connectivity index is 1.83. The van der Waals surface area contributed by atoms with Crippen LogP contribution >= 0.6 is 11.3 Å². The molecule has 2 aromatic carbocycles. The third-order valence-corrected chi connectivity index (χ3v) is 6.61. The summed E-state index contributed by atoms with van der Waals surface area (Å²) < 4.78 is 30.0. The van der Waals surface area contributed by atoms with Crippen LogP contribution in [-0.4, -0.2) is 45.1 Å². The summed E-state index contributed by atoms with van der Waals surface area (Å²) in [5.41, 5.74) is 1.78. The van der Waals surface area contributed by atoms with Crippen molar-refractivity contribution in [3.8, 4) is 0 Å². The van der Waals surface area contributed by atoms with Crippen LogP contribution in [0.3, 0.4) is 0 Å². The lowest BCUT2D eigenvalue weighted by atomic mass is 10.2. The first-order valence-corrected chi connectivity index (χ1v) is 11.0. The Labute approximate surface area is 163 Å². The van der Waals surface area contributed by atoms with Gasteiger partial charge in [0.25, 0.3) is 0 Å². The van der Waals surface area contributed by atoms with Crippen molar-refractivity contribution in [1.82, 2.24) is 14.2 Å². The molecule has 8 heteroatoms. The Kier molecular flexibility index (Phi) is 6.11. The van der Waals surface area contributed by atoms with Gasteiger partial charge in [-0.3, -0.25) is 9.36 Å². The zero-order chi connectivity index (χ0) is 19.4. The van der Waals surface area contributed by atoms with E-state index >= 15 is 0 Å². The van der Waals surface area contributed by atoms with E-state index in [4.69, 9.17) is 0 Å². The van der Waals surface area contributed by atoms with Crippen LogP contribution in [0.5, 0.6) is 0 Å². The van der Waals surface area contributed by atoms with Crippen molar-refractivity contribution in [2.24, 2.45) is 0 Å². The number of thiazole rings is 1. The van der Waals surface area contributed by atoms with Crippen LogP contribution in [-0.2, 0) is 16.6 Å². The summed E-state index contributed by atoms with van der Waals surface area (Å²) in [7, 11) is 0.312. The molecule has 1 heterocycles. The molecule has 144 valence electrons. The Morgan fingerprint density at radius 1 is 1.11 bits per heavy atom. The van der Waals surface area contributed by atoms with Crippen molar-refractivity contribution >= 4 is 31.6 Å². The summed E-state index contributed by atoms with van der Waals surface area (Å²) in [6.45, 7) is 1.66. The average Bonchev–Trinajstić information content (AvgIpc) is 2.94. The highest BCUT2D eigenvalue weighted by atomic mass is 32.2. The normalized spacial score (nSPS) is 12.1. The van der Waals surface area contributed by atoms with Crippen LogP contribution in [0.4, 0.5) is 0 Å². The molecule has 27 heavy (non-hydrogen) atoms. The van der Waals surface area contributed by atoms with Gasteiger partial charge in [0.15, 0.2) is 0 Å².